The number of nitrogens with zero attached hydrogens (tertiary/aromatic N) is 2. The van der Waals surface area contributed by atoms with Crippen molar-refractivity contribution >= 4 is 11.7 Å². The van der Waals surface area contributed by atoms with Crippen molar-refractivity contribution in [3.8, 4) is 0 Å². The van der Waals surface area contributed by atoms with Crippen LogP contribution >= 0.6 is 0 Å². The van der Waals surface area contributed by atoms with Crippen LogP contribution in [0, 0.1) is 5.82 Å². The van der Waals surface area contributed by atoms with Gasteiger partial charge in [0.2, 0.25) is 0 Å². The number of amides is 2. The van der Waals surface area contributed by atoms with Crippen molar-refractivity contribution in [2.45, 2.75) is 18.5 Å². The summed E-state index contributed by atoms with van der Waals surface area (Å²) in [6.07, 6.45) is -4.13. The molecule has 0 spiro atoms. The fourth-order valence-electron chi connectivity index (χ4n) is 4.61. The predicted molar refractivity (Wildman–Crippen MR) is 139 cm³/mol. The summed E-state index contributed by atoms with van der Waals surface area (Å²) < 4.78 is 58.9. The molecule has 3 aromatic rings. The maximum absolute atomic E-state index is 13.9. The second kappa shape index (κ2) is 12.9. The van der Waals surface area contributed by atoms with Crippen molar-refractivity contribution < 1.29 is 27.1 Å². The van der Waals surface area contributed by atoms with E-state index in [1.54, 1.807) is 4.90 Å². The Morgan fingerprint density at radius 3 is 2.11 bits per heavy atom. The highest BCUT2D eigenvalue weighted by atomic mass is 19.4. The van der Waals surface area contributed by atoms with Crippen molar-refractivity contribution in [2.24, 2.45) is 0 Å². The monoisotopic (exact) mass is 529 g/mol. The number of nitrogens with one attached hydrogen (secondary N) is 1. The molecule has 1 N–H and O–H groups in total. The molecule has 1 fully saturated rings. The van der Waals surface area contributed by atoms with Crippen LogP contribution in [-0.4, -0.2) is 61.8 Å². The lowest BCUT2D eigenvalue weighted by Crippen LogP contribution is -2.44. The number of halogens is 4. The molecule has 202 valence electrons. The third kappa shape index (κ3) is 7.79. The molecule has 0 radical (unpaired) electrons. The van der Waals surface area contributed by atoms with E-state index in [1.165, 1.54) is 0 Å². The largest absolute Gasteiger partial charge is 0.416 e. The van der Waals surface area contributed by atoms with E-state index in [1.807, 2.05) is 60.7 Å². The van der Waals surface area contributed by atoms with Crippen molar-refractivity contribution in [3.05, 3.63) is 101 Å². The molecule has 1 heterocycles. The Morgan fingerprint density at radius 1 is 0.921 bits per heavy atom. The minimum Gasteiger partial charge on any atom is -0.379 e. The van der Waals surface area contributed by atoms with Crippen LogP contribution in [0.4, 0.5) is 28.0 Å². The molecule has 38 heavy (non-hydrogen) atoms. The van der Waals surface area contributed by atoms with E-state index in [2.05, 4.69) is 10.2 Å². The van der Waals surface area contributed by atoms with E-state index < -0.39 is 23.6 Å². The molecule has 1 aliphatic heterocycles. The lowest BCUT2D eigenvalue weighted by atomic mass is 9.88. The average molecular weight is 530 g/mol. The molecule has 1 aliphatic rings. The van der Waals surface area contributed by atoms with Gasteiger partial charge in [-0.15, -0.1) is 0 Å². The maximum Gasteiger partial charge on any atom is 0.416 e. The van der Waals surface area contributed by atoms with Crippen molar-refractivity contribution in [3.63, 3.8) is 0 Å². The highest BCUT2D eigenvalue weighted by molar-refractivity contribution is 5.89. The summed E-state index contributed by atoms with van der Waals surface area (Å²) in [7, 11) is 0. The van der Waals surface area contributed by atoms with Gasteiger partial charge in [-0.1, -0.05) is 60.7 Å². The molecule has 0 bridgehead atoms. The molecule has 5 nitrogen and oxygen atoms in total. The lowest BCUT2D eigenvalue weighted by molar-refractivity contribution is -0.137. The van der Waals surface area contributed by atoms with Gasteiger partial charge in [-0.3, -0.25) is 4.90 Å². The van der Waals surface area contributed by atoms with E-state index >= 15 is 0 Å². The Hall–Kier alpha value is -3.43. The van der Waals surface area contributed by atoms with Crippen LogP contribution in [0.15, 0.2) is 78.9 Å². The van der Waals surface area contributed by atoms with Crippen molar-refractivity contribution in [1.82, 2.24) is 9.80 Å². The number of anilines is 1. The molecule has 9 heteroatoms. The number of benzene rings is 3. The van der Waals surface area contributed by atoms with Gasteiger partial charge in [0.05, 0.1) is 18.8 Å². The Bertz CT molecular complexity index is 1130. The number of rotatable bonds is 9. The van der Waals surface area contributed by atoms with Gasteiger partial charge in [0.1, 0.15) is 5.82 Å². The fourth-order valence-corrected chi connectivity index (χ4v) is 4.61. The van der Waals surface area contributed by atoms with Gasteiger partial charge < -0.3 is 15.0 Å². The quantitative estimate of drug-likeness (QED) is 0.334. The summed E-state index contributed by atoms with van der Waals surface area (Å²) in [5.74, 6) is -1.05. The van der Waals surface area contributed by atoms with Gasteiger partial charge >= 0.3 is 12.2 Å². The number of ether oxygens (including phenoxy) is 1. The normalized spacial score (nSPS) is 14.4. The highest BCUT2D eigenvalue weighted by Crippen LogP contribution is 2.32. The van der Waals surface area contributed by atoms with E-state index in [0.717, 1.165) is 36.3 Å². The first kappa shape index (κ1) is 27.6. The fraction of sp³-hybridized carbons (Fsp3) is 0.345. The van der Waals surface area contributed by atoms with Crippen LogP contribution in [0.5, 0.6) is 0 Å². The summed E-state index contributed by atoms with van der Waals surface area (Å²) in [4.78, 5) is 17.1. The third-order valence-corrected chi connectivity index (χ3v) is 6.65. The van der Waals surface area contributed by atoms with Gasteiger partial charge in [-0.2, -0.15) is 13.2 Å². The van der Waals surface area contributed by atoms with Crippen LogP contribution in [0.1, 0.15) is 29.0 Å². The second-order valence-electron chi connectivity index (χ2n) is 9.26. The molecule has 3 aromatic carbocycles. The summed E-state index contributed by atoms with van der Waals surface area (Å²) in [5.41, 5.74) is 0.821. The number of hydrogen-bond donors (Lipinski definition) is 1. The molecule has 0 saturated carbocycles. The van der Waals surface area contributed by atoms with E-state index in [4.69, 9.17) is 4.74 Å². The molecule has 0 unspecified atom stereocenters. The molecular formula is C29H31F4N3O2. The van der Waals surface area contributed by atoms with Crippen LogP contribution in [0.3, 0.4) is 0 Å². The average Bonchev–Trinajstić information content (AvgIpc) is 2.91. The number of morpholine rings is 1. The first-order chi connectivity index (χ1) is 18.3. The summed E-state index contributed by atoms with van der Waals surface area (Å²) in [5, 5.41) is 2.49. The molecular weight excluding hydrogens is 498 g/mol. The topological polar surface area (TPSA) is 44.8 Å². The van der Waals surface area contributed by atoms with E-state index in [0.29, 0.717) is 45.3 Å². The Morgan fingerprint density at radius 2 is 1.53 bits per heavy atom. The molecule has 0 aromatic heterocycles. The first-order valence-electron chi connectivity index (χ1n) is 12.6. The number of carbonyl (C=O) groups is 1. The highest BCUT2D eigenvalue weighted by Gasteiger charge is 2.31. The van der Waals surface area contributed by atoms with Crippen molar-refractivity contribution in [2.75, 3.05) is 51.3 Å². The summed E-state index contributed by atoms with van der Waals surface area (Å²) >= 11 is 0. The van der Waals surface area contributed by atoms with E-state index in [9.17, 15) is 22.4 Å². The van der Waals surface area contributed by atoms with Gasteiger partial charge in [0, 0.05) is 44.3 Å². The van der Waals surface area contributed by atoms with Crippen LogP contribution in [0.25, 0.3) is 0 Å². The van der Waals surface area contributed by atoms with Gasteiger partial charge in [-0.25, -0.2) is 9.18 Å². The van der Waals surface area contributed by atoms with Crippen LogP contribution in [0.2, 0.25) is 0 Å². The van der Waals surface area contributed by atoms with Crippen molar-refractivity contribution in [1.29, 1.82) is 0 Å². The smallest absolute Gasteiger partial charge is 0.379 e. The molecule has 4 rings (SSSR count). The molecule has 2 amide bonds. The zero-order chi connectivity index (χ0) is 27.0. The Labute approximate surface area is 220 Å². The second-order valence-corrected chi connectivity index (χ2v) is 9.26. The van der Waals surface area contributed by atoms with E-state index in [-0.39, 0.29) is 11.6 Å². The zero-order valence-corrected chi connectivity index (χ0v) is 21.0. The van der Waals surface area contributed by atoms with Gasteiger partial charge in [-0.05, 0) is 35.7 Å². The number of carbonyl (C=O) groups excluding carboxylic acids is 1. The summed E-state index contributed by atoms with van der Waals surface area (Å²) in [6.45, 7) is 4.01. The standard InChI is InChI=1S/C29H31F4N3O2/c30-25-19-24(29(31,32)33)20-26(21-25)34-28(37)36(14-13-35-15-17-38-18-16-35)12-11-27(22-7-3-1-4-8-22)23-9-5-2-6-10-23/h1-10,19-21,27H,11-18H2,(H,34,37). The maximum atomic E-state index is 13.9. The van der Waals surface area contributed by atoms with Crippen LogP contribution < -0.4 is 5.32 Å². The third-order valence-electron chi connectivity index (χ3n) is 6.65. The number of urea groups is 1. The molecule has 0 aliphatic carbocycles. The summed E-state index contributed by atoms with van der Waals surface area (Å²) in [6, 6.07) is 21.4. The van der Waals surface area contributed by atoms with Gasteiger partial charge in [0.15, 0.2) is 0 Å². The zero-order valence-electron chi connectivity index (χ0n) is 21.0. The Balaban J connectivity index is 1.53. The minimum absolute atomic E-state index is 0.0158. The van der Waals surface area contributed by atoms with Crippen LogP contribution in [-0.2, 0) is 10.9 Å². The van der Waals surface area contributed by atoms with Gasteiger partial charge in [0.25, 0.3) is 0 Å². The minimum atomic E-state index is -4.73. The number of alkyl halides is 3. The number of hydrogen-bond acceptors (Lipinski definition) is 3. The first-order valence-corrected chi connectivity index (χ1v) is 12.6. The SMILES string of the molecule is O=C(Nc1cc(F)cc(C(F)(F)F)c1)N(CCC(c1ccccc1)c1ccccc1)CCN1CCOCC1. The molecule has 1 saturated heterocycles. The Kier molecular flexibility index (Phi) is 9.36. The lowest BCUT2D eigenvalue weighted by Gasteiger charge is -2.31. The predicted octanol–water partition coefficient (Wildman–Crippen LogP) is 6.23. The molecule has 0 atom stereocenters.